The molecule has 0 bridgehead atoms. The summed E-state index contributed by atoms with van der Waals surface area (Å²) in [6, 6.07) is 6.98. The number of aliphatic hydroxyl groups is 1. The molecule has 1 heterocycles. The predicted molar refractivity (Wildman–Crippen MR) is 70.6 cm³/mol. The Morgan fingerprint density at radius 1 is 1.40 bits per heavy atom. The van der Waals surface area contributed by atoms with Gasteiger partial charge in [-0.25, -0.2) is 9.48 Å². The molecule has 2 aromatic rings. The van der Waals surface area contributed by atoms with Crippen LogP contribution in [-0.2, 0) is 11.3 Å². The summed E-state index contributed by atoms with van der Waals surface area (Å²) in [4.78, 5) is 11.4. The molecule has 0 spiro atoms. The van der Waals surface area contributed by atoms with E-state index in [4.69, 9.17) is 0 Å². The first kappa shape index (κ1) is 12.8. The van der Waals surface area contributed by atoms with E-state index in [9.17, 15) is 9.90 Å². The van der Waals surface area contributed by atoms with Gasteiger partial charge in [0.25, 0.3) is 0 Å². The van der Waals surface area contributed by atoms with Gasteiger partial charge in [-0.15, -0.1) is 5.10 Å². The van der Waals surface area contributed by atoms with Crippen molar-refractivity contribution in [3.63, 3.8) is 0 Å². The molecule has 0 aliphatic heterocycles. The Hall–Kier alpha value is -2.21. The zero-order valence-electron chi connectivity index (χ0n) is 11.1. The van der Waals surface area contributed by atoms with Crippen LogP contribution in [0.1, 0.15) is 40.5 Å². The first-order valence-corrected chi connectivity index (χ1v) is 6.48. The summed E-state index contributed by atoms with van der Waals surface area (Å²) in [6.45, 7) is -0.105. The minimum absolute atomic E-state index is 0.105. The Labute approximate surface area is 116 Å². The van der Waals surface area contributed by atoms with Gasteiger partial charge in [-0.05, 0) is 37.1 Å². The lowest BCUT2D eigenvalue weighted by Gasteiger charge is -2.07. The quantitative estimate of drug-likeness (QED) is 0.852. The van der Waals surface area contributed by atoms with Gasteiger partial charge in [0.2, 0.25) is 0 Å². The summed E-state index contributed by atoms with van der Waals surface area (Å²) < 4.78 is 6.41. The number of carbonyl (C=O) groups is 1. The van der Waals surface area contributed by atoms with Crippen molar-refractivity contribution < 1.29 is 14.6 Å². The number of ether oxygens (including phenoxy) is 1. The van der Waals surface area contributed by atoms with E-state index in [2.05, 4.69) is 15.0 Å². The number of aliphatic hydroxyl groups excluding tert-OH is 1. The van der Waals surface area contributed by atoms with Crippen LogP contribution in [0.25, 0.3) is 5.69 Å². The minimum Gasteiger partial charge on any atom is -0.465 e. The molecule has 1 N–H and O–H groups in total. The molecule has 104 valence electrons. The van der Waals surface area contributed by atoms with E-state index in [1.165, 1.54) is 7.11 Å². The Kier molecular flexibility index (Phi) is 3.23. The van der Waals surface area contributed by atoms with E-state index < -0.39 is 0 Å². The van der Waals surface area contributed by atoms with E-state index in [-0.39, 0.29) is 12.6 Å². The lowest BCUT2D eigenvalue weighted by atomic mass is 10.2. The number of nitrogens with zero attached hydrogens (tertiary/aromatic N) is 3. The summed E-state index contributed by atoms with van der Waals surface area (Å²) >= 11 is 0. The fraction of sp³-hybridized carbons (Fsp3) is 0.357. The van der Waals surface area contributed by atoms with Crippen molar-refractivity contribution in [3.8, 4) is 5.69 Å². The Bertz CT molecular complexity index is 630. The summed E-state index contributed by atoms with van der Waals surface area (Å²) in [7, 11) is 1.35. The fourth-order valence-corrected chi connectivity index (χ4v) is 2.25. The molecule has 20 heavy (non-hydrogen) atoms. The molecule has 1 aromatic heterocycles. The molecule has 6 nitrogen and oxygen atoms in total. The largest absolute Gasteiger partial charge is 0.465 e. The average Bonchev–Trinajstić information content (AvgIpc) is 3.25. The van der Waals surface area contributed by atoms with Crippen molar-refractivity contribution in [3.05, 3.63) is 41.2 Å². The normalized spacial score (nSPS) is 14.3. The summed E-state index contributed by atoms with van der Waals surface area (Å²) in [6.07, 6.45) is 2.20. The molecular formula is C14H15N3O3. The van der Waals surface area contributed by atoms with Crippen LogP contribution in [0, 0.1) is 0 Å². The van der Waals surface area contributed by atoms with Gasteiger partial charge in [-0.3, -0.25) is 0 Å². The number of carbonyl (C=O) groups excluding carboxylic acids is 1. The van der Waals surface area contributed by atoms with Crippen LogP contribution in [-0.4, -0.2) is 33.2 Å². The summed E-state index contributed by atoms with van der Waals surface area (Å²) in [5, 5.41) is 17.4. The first-order valence-electron chi connectivity index (χ1n) is 6.48. The molecular weight excluding hydrogens is 258 g/mol. The summed E-state index contributed by atoms with van der Waals surface area (Å²) in [5.74, 6) is 0.0565. The number of methoxy groups -OCH3 is 1. The first-order chi connectivity index (χ1) is 9.74. The lowest BCUT2D eigenvalue weighted by molar-refractivity contribution is 0.0600. The van der Waals surface area contributed by atoms with Crippen LogP contribution in [0.4, 0.5) is 0 Å². The van der Waals surface area contributed by atoms with Gasteiger partial charge < -0.3 is 9.84 Å². The highest BCUT2D eigenvalue weighted by atomic mass is 16.5. The molecule has 0 unspecified atom stereocenters. The van der Waals surface area contributed by atoms with Gasteiger partial charge in [0.05, 0.1) is 30.7 Å². The predicted octanol–water partition coefficient (Wildman–Crippen LogP) is 1.42. The minimum atomic E-state index is -0.367. The zero-order valence-corrected chi connectivity index (χ0v) is 11.1. The molecule has 0 atom stereocenters. The molecule has 0 amide bonds. The van der Waals surface area contributed by atoms with Crippen molar-refractivity contribution in [2.24, 2.45) is 0 Å². The third kappa shape index (κ3) is 2.18. The third-order valence-corrected chi connectivity index (χ3v) is 3.43. The van der Waals surface area contributed by atoms with Gasteiger partial charge in [-0.2, -0.15) is 0 Å². The maximum Gasteiger partial charge on any atom is 0.337 e. The van der Waals surface area contributed by atoms with Crippen LogP contribution >= 0.6 is 0 Å². The standard InChI is InChI=1S/C14H15N3O3/c1-20-14(19)10-4-6-11(7-5-10)17-13(9-2-3-9)12(8-18)15-16-17/h4-7,9,18H,2-3,8H2,1H3. The topological polar surface area (TPSA) is 77.2 Å². The van der Waals surface area contributed by atoms with E-state index in [1.807, 2.05) is 0 Å². The number of rotatable bonds is 4. The third-order valence-electron chi connectivity index (χ3n) is 3.43. The van der Waals surface area contributed by atoms with E-state index in [0.717, 1.165) is 24.2 Å². The Balaban J connectivity index is 1.97. The van der Waals surface area contributed by atoms with Crippen molar-refractivity contribution >= 4 is 5.97 Å². The van der Waals surface area contributed by atoms with Crippen LogP contribution in [0.3, 0.4) is 0 Å². The van der Waals surface area contributed by atoms with Gasteiger partial charge in [0.15, 0.2) is 0 Å². The molecule has 1 fully saturated rings. The van der Waals surface area contributed by atoms with Crippen molar-refractivity contribution in [2.75, 3.05) is 7.11 Å². The number of benzene rings is 1. The SMILES string of the molecule is COC(=O)c1ccc(-n2nnc(CO)c2C2CC2)cc1. The van der Waals surface area contributed by atoms with Gasteiger partial charge in [0.1, 0.15) is 5.69 Å². The average molecular weight is 273 g/mol. The molecule has 0 radical (unpaired) electrons. The van der Waals surface area contributed by atoms with Crippen LogP contribution in [0.2, 0.25) is 0 Å². The highest BCUT2D eigenvalue weighted by Crippen LogP contribution is 2.41. The number of aromatic nitrogens is 3. The van der Waals surface area contributed by atoms with Crippen LogP contribution in [0.15, 0.2) is 24.3 Å². The Morgan fingerprint density at radius 3 is 2.65 bits per heavy atom. The smallest absolute Gasteiger partial charge is 0.337 e. The number of esters is 1. The van der Waals surface area contributed by atoms with E-state index >= 15 is 0 Å². The van der Waals surface area contributed by atoms with Crippen molar-refractivity contribution in [1.82, 2.24) is 15.0 Å². The van der Waals surface area contributed by atoms with Gasteiger partial charge >= 0.3 is 5.97 Å². The Morgan fingerprint density at radius 2 is 2.10 bits per heavy atom. The number of hydrogen-bond acceptors (Lipinski definition) is 5. The van der Waals surface area contributed by atoms with Crippen LogP contribution in [0.5, 0.6) is 0 Å². The second-order valence-corrected chi connectivity index (χ2v) is 4.80. The zero-order chi connectivity index (χ0) is 14.1. The number of hydrogen-bond donors (Lipinski definition) is 1. The molecule has 1 aliphatic carbocycles. The van der Waals surface area contributed by atoms with E-state index in [0.29, 0.717) is 17.2 Å². The van der Waals surface area contributed by atoms with Gasteiger partial charge in [-0.1, -0.05) is 5.21 Å². The molecule has 1 saturated carbocycles. The highest BCUT2D eigenvalue weighted by Gasteiger charge is 2.31. The maximum absolute atomic E-state index is 11.4. The van der Waals surface area contributed by atoms with Gasteiger partial charge in [0, 0.05) is 5.92 Å². The lowest BCUT2D eigenvalue weighted by Crippen LogP contribution is -2.05. The maximum atomic E-state index is 11.4. The van der Waals surface area contributed by atoms with E-state index in [1.54, 1.807) is 28.9 Å². The molecule has 1 aromatic carbocycles. The molecule has 3 rings (SSSR count). The monoisotopic (exact) mass is 273 g/mol. The second-order valence-electron chi connectivity index (χ2n) is 4.80. The van der Waals surface area contributed by atoms with Crippen molar-refractivity contribution in [1.29, 1.82) is 0 Å². The fourth-order valence-electron chi connectivity index (χ4n) is 2.25. The second kappa shape index (κ2) is 5.05. The summed E-state index contributed by atoms with van der Waals surface area (Å²) in [5.41, 5.74) is 2.92. The molecule has 1 aliphatic rings. The molecule has 6 heteroatoms. The molecule has 0 saturated heterocycles. The van der Waals surface area contributed by atoms with Crippen LogP contribution < -0.4 is 0 Å². The van der Waals surface area contributed by atoms with Crippen molar-refractivity contribution in [2.45, 2.75) is 25.4 Å². The highest BCUT2D eigenvalue weighted by molar-refractivity contribution is 5.89.